The van der Waals surface area contributed by atoms with Crippen molar-refractivity contribution in [2.24, 2.45) is 0 Å². The second kappa shape index (κ2) is 6.44. The van der Waals surface area contributed by atoms with Gasteiger partial charge in [0.2, 0.25) is 0 Å². The van der Waals surface area contributed by atoms with Gasteiger partial charge in [0.25, 0.3) is 0 Å². The zero-order chi connectivity index (χ0) is 14.7. The Balaban J connectivity index is 2.63. The summed E-state index contributed by atoms with van der Waals surface area (Å²) in [5.41, 5.74) is 3.46. The van der Waals surface area contributed by atoms with Gasteiger partial charge in [-0.15, -0.1) is 0 Å². The van der Waals surface area contributed by atoms with Gasteiger partial charge >= 0.3 is 0 Å². The van der Waals surface area contributed by atoms with Crippen molar-refractivity contribution in [3.63, 3.8) is 0 Å². The predicted molar refractivity (Wildman–Crippen MR) is 89.1 cm³/mol. The summed E-state index contributed by atoms with van der Waals surface area (Å²) >= 11 is 3.61. The lowest BCUT2D eigenvalue weighted by molar-refractivity contribution is 0.672. The summed E-state index contributed by atoms with van der Waals surface area (Å²) in [5, 5.41) is 5.57. The van der Waals surface area contributed by atoms with Crippen LogP contribution in [0.5, 0.6) is 0 Å². The first-order chi connectivity index (χ1) is 9.60. The van der Waals surface area contributed by atoms with Gasteiger partial charge in [0, 0.05) is 23.5 Å². The van der Waals surface area contributed by atoms with Crippen LogP contribution >= 0.6 is 15.9 Å². The summed E-state index contributed by atoms with van der Waals surface area (Å²) in [6.07, 6.45) is 0. The highest BCUT2D eigenvalue weighted by molar-refractivity contribution is 9.08. The summed E-state index contributed by atoms with van der Waals surface area (Å²) in [6, 6.07) is 10.8. The number of aryl methyl sites for hydroxylation is 1. The van der Waals surface area contributed by atoms with Gasteiger partial charge in [-0.3, -0.25) is 0 Å². The highest BCUT2D eigenvalue weighted by atomic mass is 79.9. The van der Waals surface area contributed by atoms with Crippen molar-refractivity contribution in [2.45, 2.75) is 39.1 Å². The molecule has 1 heterocycles. The second-order valence-electron chi connectivity index (χ2n) is 5.15. The Morgan fingerprint density at radius 3 is 2.40 bits per heavy atom. The van der Waals surface area contributed by atoms with Crippen molar-refractivity contribution in [3.05, 3.63) is 41.6 Å². The van der Waals surface area contributed by atoms with Gasteiger partial charge in [-0.25, -0.2) is 4.68 Å². The molecule has 0 aliphatic heterocycles. The number of rotatable bonds is 5. The standard InChI is InChI=1S/C16H22BrN3/c1-5-19(12(2)3)16-15(11-17)13(4)18-20(16)14-9-7-6-8-10-14/h6-10,12H,5,11H2,1-4H3. The van der Waals surface area contributed by atoms with Gasteiger partial charge in [-0.05, 0) is 39.8 Å². The van der Waals surface area contributed by atoms with Crippen LogP contribution in [0.2, 0.25) is 0 Å². The predicted octanol–water partition coefficient (Wildman–Crippen LogP) is 4.31. The molecule has 0 saturated carbocycles. The van der Waals surface area contributed by atoms with E-state index in [2.05, 4.69) is 77.5 Å². The smallest absolute Gasteiger partial charge is 0.136 e. The first-order valence-electron chi connectivity index (χ1n) is 7.06. The molecule has 2 aromatic rings. The van der Waals surface area contributed by atoms with Crippen LogP contribution in [0.15, 0.2) is 30.3 Å². The van der Waals surface area contributed by atoms with E-state index >= 15 is 0 Å². The highest BCUT2D eigenvalue weighted by Crippen LogP contribution is 2.30. The lowest BCUT2D eigenvalue weighted by Gasteiger charge is -2.29. The van der Waals surface area contributed by atoms with E-state index in [0.29, 0.717) is 6.04 Å². The first kappa shape index (κ1) is 15.1. The minimum atomic E-state index is 0.441. The van der Waals surface area contributed by atoms with E-state index in [1.807, 2.05) is 6.07 Å². The van der Waals surface area contributed by atoms with E-state index in [0.717, 1.165) is 23.3 Å². The largest absolute Gasteiger partial charge is 0.354 e. The molecule has 0 aliphatic carbocycles. The first-order valence-corrected chi connectivity index (χ1v) is 8.18. The fourth-order valence-electron chi connectivity index (χ4n) is 2.51. The third-order valence-electron chi connectivity index (χ3n) is 3.53. The van der Waals surface area contributed by atoms with E-state index in [9.17, 15) is 0 Å². The molecule has 20 heavy (non-hydrogen) atoms. The van der Waals surface area contributed by atoms with E-state index < -0.39 is 0 Å². The average Bonchev–Trinajstić information content (AvgIpc) is 2.77. The van der Waals surface area contributed by atoms with Crippen molar-refractivity contribution in [1.29, 1.82) is 0 Å². The Morgan fingerprint density at radius 1 is 1.25 bits per heavy atom. The Bertz CT molecular complexity index is 561. The average molecular weight is 336 g/mol. The van der Waals surface area contributed by atoms with Gasteiger partial charge in [0.15, 0.2) is 0 Å². The van der Waals surface area contributed by atoms with Crippen LogP contribution in [0, 0.1) is 6.92 Å². The van der Waals surface area contributed by atoms with Crippen molar-refractivity contribution in [2.75, 3.05) is 11.4 Å². The Morgan fingerprint density at radius 2 is 1.90 bits per heavy atom. The highest BCUT2D eigenvalue weighted by Gasteiger charge is 2.21. The minimum Gasteiger partial charge on any atom is -0.354 e. The van der Waals surface area contributed by atoms with Crippen LogP contribution in [0.25, 0.3) is 5.69 Å². The van der Waals surface area contributed by atoms with Gasteiger partial charge in [0.05, 0.1) is 11.4 Å². The summed E-state index contributed by atoms with van der Waals surface area (Å²) < 4.78 is 2.06. The Hall–Kier alpha value is -1.29. The maximum Gasteiger partial charge on any atom is 0.136 e. The van der Waals surface area contributed by atoms with Crippen molar-refractivity contribution >= 4 is 21.7 Å². The molecular formula is C16H22BrN3. The summed E-state index contributed by atoms with van der Waals surface area (Å²) in [5.74, 6) is 1.20. The topological polar surface area (TPSA) is 21.1 Å². The van der Waals surface area contributed by atoms with Crippen LogP contribution in [0.4, 0.5) is 5.82 Å². The molecule has 108 valence electrons. The molecule has 1 aromatic carbocycles. The van der Waals surface area contributed by atoms with E-state index in [-0.39, 0.29) is 0 Å². The molecule has 0 fully saturated rings. The lowest BCUT2D eigenvalue weighted by atomic mass is 10.2. The Labute approximate surface area is 129 Å². The Kier molecular flexibility index (Phi) is 4.86. The molecule has 0 bridgehead atoms. The van der Waals surface area contributed by atoms with Gasteiger partial charge in [-0.1, -0.05) is 34.1 Å². The number of alkyl halides is 1. The lowest BCUT2D eigenvalue weighted by Crippen LogP contribution is -2.33. The number of para-hydroxylation sites is 1. The number of anilines is 1. The zero-order valence-corrected chi connectivity index (χ0v) is 14.2. The van der Waals surface area contributed by atoms with Crippen LogP contribution in [-0.2, 0) is 5.33 Å². The van der Waals surface area contributed by atoms with E-state index in [1.54, 1.807) is 0 Å². The van der Waals surface area contributed by atoms with Crippen LogP contribution in [0.3, 0.4) is 0 Å². The normalized spacial score (nSPS) is 11.1. The van der Waals surface area contributed by atoms with E-state index in [1.165, 1.54) is 11.4 Å². The molecule has 3 nitrogen and oxygen atoms in total. The van der Waals surface area contributed by atoms with Crippen LogP contribution in [0.1, 0.15) is 32.0 Å². The second-order valence-corrected chi connectivity index (χ2v) is 5.71. The molecule has 0 N–H and O–H groups in total. The number of aromatic nitrogens is 2. The quantitative estimate of drug-likeness (QED) is 0.759. The fourth-order valence-corrected chi connectivity index (χ4v) is 3.16. The monoisotopic (exact) mass is 335 g/mol. The van der Waals surface area contributed by atoms with Gasteiger partial charge in [-0.2, -0.15) is 5.10 Å². The number of halogens is 1. The third-order valence-corrected chi connectivity index (χ3v) is 4.09. The molecule has 0 unspecified atom stereocenters. The molecule has 0 atom stereocenters. The molecule has 0 amide bonds. The van der Waals surface area contributed by atoms with Crippen LogP contribution in [-0.4, -0.2) is 22.4 Å². The molecule has 0 aliphatic rings. The number of hydrogen-bond acceptors (Lipinski definition) is 2. The van der Waals surface area contributed by atoms with E-state index in [4.69, 9.17) is 5.10 Å². The van der Waals surface area contributed by atoms with Crippen molar-refractivity contribution in [1.82, 2.24) is 9.78 Å². The molecule has 4 heteroatoms. The SMILES string of the molecule is CCN(c1c(CBr)c(C)nn1-c1ccccc1)C(C)C. The summed E-state index contributed by atoms with van der Waals surface area (Å²) in [6.45, 7) is 9.68. The molecule has 0 saturated heterocycles. The molecule has 0 radical (unpaired) electrons. The number of hydrogen-bond donors (Lipinski definition) is 0. The molecule has 1 aromatic heterocycles. The maximum absolute atomic E-state index is 4.75. The van der Waals surface area contributed by atoms with Crippen molar-refractivity contribution in [3.8, 4) is 5.69 Å². The maximum atomic E-state index is 4.75. The molecule has 0 spiro atoms. The third kappa shape index (κ3) is 2.75. The fraction of sp³-hybridized carbons (Fsp3) is 0.438. The zero-order valence-electron chi connectivity index (χ0n) is 12.6. The number of benzene rings is 1. The minimum absolute atomic E-state index is 0.441. The molecular weight excluding hydrogens is 314 g/mol. The van der Waals surface area contributed by atoms with Gasteiger partial charge in [0.1, 0.15) is 5.82 Å². The van der Waals surface area contributed by atoms with Crippen LogP contribution < -0.4 is 4.90 Å². The summed E-state index contributed by atoms with van der Waals surface area (Å²) in [4.78, 5) is 2.39. The van der Waals surface area contributed by atoms with Gasteiger partial charge < -0.3 is 4.90 Å². The van der Waals surface area contributed by atoms with Crippen molar-refractivity contribution < 1.29 is 0 Å². The number of nitrogens with zero attached hydrogens (tertiary/aromatic N) is 3. The molecule has 2 rings (SSSR count). The summed E-state index contributed by atoms with van der Waals surface area (Å²) in [7, 11) is 0.